The minimum absolute atomic E-state index is 0.177. The molecule has 0 fully saturated rings. The fourth-order valence-corrected chi connectivity index (χ4v) is 1.62. The molecule has 19 heavy (non-hydrogen) atoms. The van der Waals surface area contributed by atoms with E-state index in [2.05, 4.69) is 5.10 Å². The van der Waals surface area contributed by atoms with Gasteiger partial charge in [-0.25, -0.2) is 9.48 Å². The van der Waals surface area contributed by atoms with Crippen LogP contribution < -0.4 is 5.56 Å². The van der Waals surface area contributed by atoms with Crippen molar-refractivity contribution in [2.24, 2.45) is 5.92 Å². The summed E-state index contributed by atoms with van der Waals surface area (Å²) in [6, 6.07) is 1.66. The predicted molar refractivity (Wildman–Crippen MR) is 74.1 cm³/mol. The lowest BCUT2D eigenvalue weighted by Crippen LogP contribution is -2.28. The molecule has 5 heteroatoms. The van der Waals surface area contributed by atoms with Crippen molar-refractivity contribution in [1.82, 2.24) is 9.78 Å². The van der Waals surface area contributed by atoms with Crippen LogP contribution in [0.25, 0.3) is 6.08 Å². The van der Waals surface area contributed by atoms with Gasteiger partial charge >= 0.3 is 5.97 Å². The van der Waals surface area contributed by atoms with E-state index in [0.717, 1.165) is 11.8 Å². The fourth-order valence-electron chi connectivity index (χ4n) is 1.62. The Morgan fingerprint density at radius 2 is 2.05 bits per heavy atom. The number of carboxylic acid groups (broad SMARTS) is 1. The van der Waals surface area contributed by atoms with E-state index in [0.29, 0.717) is 18.0 Å². The van der Waals surface area contributed by atoms with Crippen LogP contribution in [0.1, 0.15) is 44.9 Å². The van der Waals surface area contributed by atoms with Crippen LogP contribution in [0.4, 0.5) is 0 Å². The molecular formula is C14H20N2O3. The standard InChI is InChI=1S/C14H20N2O3/c1-9(2)8-16-14(19)11(5-6-13(17)18)7-12(15-16)10(3)4/h5-7,9-10H,8H2,1-4H3,(H,17,18)/b6-5+. The Morgan fingerprint density at radius 3 is 2.53 bits per heavy atom. The monoisotopic (exact) mass is 264 g/mol. The molecule has 5 nitrogen and oxygen atoms in total. The Morgan fingerprint density at radius 1 is 1.42 bits per heavy atom. The molecule has 0 aliphatic carbocycles. The highest BCUT2D eigenvalue weighted by atomic mass is 16.4. The highest BCUT2D eigenvalue weighted by Crippen LogP contribution is 2.12. The molecule has 104 valence electrons. The molecule has 0 radical (unpaired) electrons. The van der Waals surface area contributed by atoms with Crippen molar-refractivity contribution < 1.29 is 9.90 Å². The maximum absolute atomic E-state index is 12.1. The van der Waals surface area contributed by atoms with Crippen molar-refractivity contribution in [3.8, 4) is 0 Å². The van der Waals surface area contributed by atoms with Gasteiger partial charge in [0, 0.05) is 18.2 Å². The minimum atomic E-state index is -1.07. The third-order valence-corrected chi connectivity index (χ3v) is 2.56. The van der Waals surface area contributed by atoms with Crippen LogP contribution in [0.15, 0.2) is 16.9 Å². The Labute approximate surface area is 112 Å². The summed E-state index contributed by atoms with van der Waals surface area (Å²) in [7, 11) is 0. The van der Waals surface area contributed by atoms with Crippen molar-refractivity contribution in [2.45, 2.75) is 40.2 Å². The maximum Gasteiger partial charge on any atom is 0.328 e. The van der Waals surface area contributed by atoms with Gasteiger partial charge in [0.15, 0.2) is 0 Å². The smallest absolute Gasteiger partial charge is 0.328 e. The molecule has 0 bridgehead atoms. The van der Waals surface area contributed by atoms with Gasteiger partial charge in [-0.1, -0.05) is 27.7 Å². The molecule has 0 aliphatic rings. The molecular weight excluding hydrogens is 244 g/mol. The lowest BCUT2D eigenvalue weighted by atomic mass is 10.1. The van der Waals surface area contributed by atoms with Gasteiger partial charge in [0.05, 0.1) is 5.69 Å². The summed E-state index contributed by atoms with van der Waals surface area (Å²) in [6.45, 7) is 8.49. The van der Waals surface area contributed by atoms with Crippen LogP contribution in [-0.2, 0) is 11.3 Å². The van der Waals surface area contributed by atoms with Gasteiger partial charge in [0.2, 0.25) is 0 Å². The molecule has 1 aromatic heterocycles. The van der Waals surface area contributed by atoms with Crippen LogP contribution in [0.2, 0.25) is 0 Å². The second-order valence-corrected chi connectivity index (χ2v) is 5.23. The van der Waals surface area contributed by atoms with Crippen molar-refractivity contribution in [2.75, 3.05) is 0 Å². The van der Waals surface area contributed by atoms with Gasteiger partial charge in [-0.15, -0.1) is 0 Å². The van der Waals surface area contributed by atoms with Gasteiger partial charge in [0.25, 0.3) is 5.56 Å². The summed E-state index contributed by atoms with van der Waals surface area (Å²) in [5, 5.41) is 13.0. The molecule has 0 aromatic carbocycles. The van der Waals surface area contributed by atoms with Gasteiger partial charge in [-0.05, 0) is 24.0 Å². The first kappa shape index (κ1) is 15.1. The first-order valence-corrected chi connectivity index (χ1v) is 6.34. The largest absolute Gasteiger partial charge is 0.478 e. The topological polar surface area (TPSA) is 72.2 Å². The maximum atomic E-state index is 12.1. The number of nitrogens with zero attached hydrogens (tertiary/aromatic N) is 2. The zero-order valence-corrected chi connectivity index (χ0v) is 11.8. The Bertz CT molecular complexity index is 542. The fraction of sp³-hybridized carbons (Fsp3) is 0.500. The summed E-state index contributed by atoms with van der Waals surface area (Å²) in [4.78, 5) is 22.7. The lowest BCUT2D eigenvalue weighted by molar-refractivity contribution is -0.131. The third kappa shape index (κ3) is 4.35. The van der Waals surface area contributed by atoms with Crippen molar-refractivity contribution in [1.29, 1.82) is 0 Å². The number of hydrogen-bond acceptors (Lipinski definition) is 3. The highest BCUT2D eigenvalue weighted by Gasteiger charge is 2.10. The quantitative estimate of drug-likeness (QED) is 0.827. The number of hydrogen-bond donors (Lipinski definition) is 1. The Hall–Kier alpha value is -1.91. The predicted octanol–water partition coefficient (Wildman–Crippen LogP) is 2.12. The molecule has 0 saturated heterocycles. The van der Waals surface area contributed by atoms with Gasteiger partial charge < -0.3 is 5.11 Å². The number of rotatable bonds is 5. The molecule has 0 spiro atoms. The summed E-state index contributed by atoms with van der Waals surface area (Å²) >= 11 is 0. The van der Waals surface area contributed by atoms with E-state index in [4.69, 9.17) is 5.11 Å². The summed E-state index contributed by atoms with van der Waals surface area (Å²) in [6.07, 6.45) is 2.30. The van der Waals surface area contributed by atoms with E-state index < -0.39 is 5.97 Å². The molecule has 0 aliphatic heterocycles. The van der Waals surface area contributed by atoms with Crippen LogP contribution in [-0.4, -0.2) is 20.9 Å². The van der Waals surface area contributed by atoms with Crippen molar-refractivity contribution in [3.05, 3.63) is 33.8 Å². The number of aliphatic carboxylic acids is 1. The molecule has 0 atom stereocenters. The summed E-state index contributed by atoms with van der Waals surface area (Å²) < 4.78 is 1.42. The molecule has 0 amide bonds. The van der Waals surface area contributed by atoms with Crippen LogP contribution >= 0.6 is 0 Å². The first-order valence-electron chi connectivity index (χ1n) is 6.34. The van der Waals surface area contributed by atoms with Gasteiger partial charge in [0.1, 0.15) is 0 Å². The normalized spacial score (nSPS) is 11.7. The molecule has 1 aromatic rings. The third-order valence-electron chi connectivity index (χ3n) is 2.56. The zero-order valence-electron chi connectivity index (χ0n) is 11.8. The average Bonchev–Trinajstić information content (AvgIpc) is 2.29. The van der Waals surface area contributed by atoms with Crippen LogP contribution in [0, 0.1) is 5.92 Å². The number of carbonyl (C=O) groups is 1. The van der Waals surface area contributed by atoms with E-state index in [1.807, 2.05) is 27.7 Å². The first-order chi connectivity index (χ1) is 8.81. The van der Waals surface area contributed by atoms with Crippen molar-refractivity contribution >= 4 is 12.0 Å². The van der Waals surface area contributed by atoms with E-state index in [1.165, 1.54) is 10.8 Å². The zero-order chi connectivity index (χ0) is 14.6. The van der Waals surface area contributed by atoms with E-state index in [-0.39, 0.29) is 11.5 Å². The molecule has 1 rings (SSSR count). The van der Waals surface area contributed by atoms with Gasteiger partial charge in [-0.3, -0.25) is 4.79 Å². The second kappa shape index (κ2) is 6.31. The Kier molecular flexibility index (Phi) is 5.03. The van der Waals surface area contributed by atoms with Gasteiger partial charge in [-0.2, -0.15) is 5.10 Å². The SMILES string of the molecule is CC(C)Cn1nc(C(C)C)cc(/C=C/C(=O)O)c1=O. The summed E-state index contributed by atoms with van der Waals surface area (Å²) in [5.74, 6) is -0.599. The molecule has 1 N–H and O–H groups in total. The lowest BCUT2D eigenvalue weighted by Gasteiger charge is -2.12. The van der Waals surface area contributed by atoms with Crippen LogP contribution in [0.3, 0.4) is 0 Å². The second-order valence-electron chi connectivity index (χ2n) is 5.23. The van der Waals surface area contributed by atoms with E-state index in [9.17, 15) is 9.59 Å². The Balaban J connectivity index is 3.32. The van der Waals surface area contributed by atoms with E-state index >= 15 is 0 Å². The van der Waals surface area contributed by atoms with Crippen LogP contribution in [0.5, 0.6) is 0 Å². The average molecular weight is 264 g/mol. The highest BCUT2D eigenvalue weighted by molar-refractivity contribution is 5.85. The number of aromatic nitrogens is 2. The molecule has 0 unspecified atom stereocenters. The number of carboxylic acids is 1. The molecule has 0 saturated carbocycles. The van der Waals surface area contributed by atoms with E-state index in [1.54, 1.807) is 6.07 Å². The van der Waals surface area contributed by atoms with Crippen molar-refractivity contribution in [3.63, 3.8) is 0 Å². The summed E-state index contributed by atoms with van der Waals surface area (Å²) in [5.41, 5.74) is 0.891. The molecule has 1 heterocycles. The minimum Gasteiger partial charge on any atom is -0.478 e.